The molecule has 0 fully saturated rings. The molecule has 0 saturated heterocycles. The molecule has 0 spiro atoms. The van der Waals surface area contributed by atoms with Gasteiger partial charge >= 0.3 is 5.97 Å². The third kappa shape index (κ3) is 3.33. The molecule has 1 aromatic carbocycles. The Morgan fingerprint density at radius 1 is 1.45 bits per heavy atom. The van der Waals surface area contributed by atoms with Gasteiger partial charge in [-0.2, -0.15) is 0 Å². The molecule has 22 heavy (non-hydrogen) atoms. The summed E-state index contributed by atoms with van der Waals surface area (Å²) >= 11 is 0. The summed E-state index contributed by atoms with van der Waals surface area (Å²) in [6.07, 6.45) is 3.36. The van der Waals surface area contributed by atoms with Crippen molar-refractivity contribution in [1.29, 1.82) is 0 Å². The monoisotopic (exact) mass is 304 g/mol. The molecular weight excluding hydrogens is 287 g/mol. The van der Waals surface area contributed by atoms with E-state index < -0.39 is 17.9 Å². The molecule has 116 valence electrons. The first-order valence-electron chi connectivity index (χ1n) is 6.84. The maximum absolute atomic E-state index is 13.2. The third-order valence-corrected chi connectivity index (χ3v) is 3.55. The number of carboxylic acid groups (broad SMARTS) is 1. The van der Waals surface area contributed by atoms with E-state index in [1.54, 1.807) is 32.2 Å². The molecule has 1 amide bonds. The number of aliphatic carboxylic acids is 1. The van der Waals surface area contributed by atoms with Crippen LogP contribution in [0.25, 0.3) is 10.9 Å². The number of H-pyrrole nitrogens is 1. The van der Waals surface area contributed by atoms with Crippen LogP contribution in [-0.4, -0.2) is 28.0 Å². The minimum atomic E-state index is -1.12. The van der Waals surface area contributed by atoms with Gasteiger partial charge < -0.3 is 15.4 Å². The number of carbonyl (C=O) groups excluding carboxylic acids is 1. The lowest BCUT2D eigenvalue weighted by atomic mass is 10.0. The first kappa shape index (κ1) is 15.8. The molecule has 6 heteroatoms. The van der Waals surface area contributed by atoms with Crippen LogP contribution in [0.4, 0.5) is 4.39 Å². The second kappa shape index (κ2) is 6.43. The van der Waals surface area contributed by atoms with Crippen LogP contribution in [0.15, 0.2) is 36.0 Å². The predicted molar refractivity (Wildman–Crippen MR) is 81.0 cm³/mol. The number of fused-ring (bicyclic) bond motifs is 1. The molecule has 0 radical (unpaired) electrons. The highest BCUT2D eigenvalue weighted by atomic mass is 19.1. The van der Waals surface area contributed by atoms with E-state index in [4.69, 9.17) is 0 Å². The van der Waals surface area contributed by atoms with Crippen LogP contribution in [0.2, 0.25) is 0 Å². The Morgan fingerprint density at radius 2 is 2.18 bits per heavy atom. The molecule has 3 N–H and O–H groups in total. The zero-order chi connectivity index (χ0) is 16.3. The van der Waals surface area contributed by atoms with Gasteiger partial charge in [-0.25, -0.2) is 9.18 Å². The van der Waals surface area contributed by atoms with Crippen LogP contribution in [-0.2, 0) is 16.0 Å². The van der Waals surface area contributed by atoms with E-state index in [1.165, 1.54) is 12.1 Å². The maximum Gasteiger partial charge on any atom is 0.326 e. The average Bonchev–Trinajstić information content (AvgIpc) is 2.87. The van der Waals surface area contributed by atoms with Gasteiger partial charge in [-0.15, -0.1) is 0 Å². The zero-order valence-corrected chi connectivity index (χ0v) is 12.3. The molecule has 1 atom stereocenters. The van der Waals surface area contributed by atoms with Gasteiger partial charge in [-0.05, 0) is 37.6 Å². The minimum Gasteiger partial charge on any atom is -0.480 e. The summed E-state index contributed by atoms with van der Waals surface area (Å²) in [5.41, 5.74) is 1.75. The Kier molecular flexibility index (Phi) is 4.60. The standard InChI is InChI=1S/C16H17FN2O3/c1-3-9(2)15(20)19-14(16(21)22)6-10-8-18-13-7-11(17)4-5-12(10)13/h3-5,7-8,14,18H,6H2,1-2H3,(H,19,20)(H,21,22)/b9-3+. The van der Waals surface area contributed by atoms with Gasteiger partial charge in [0.25, 0.3) is 0 Å². The number of aromatic nitrogens is 1. The summed E-state index contributed by atoms with van der Waals surface area (Å²) in [6.45, 7) is 3.32. The van der Waals surface area contributed by atoms with Gasteiger partial charge in [0.15, 0.2) is 0 Å². The highest BCUT2D eigenvalue weighted by Gasteiger charge is 2.22. The highest BCUT2D eigenvalue weighted by Crippen LogP contribution is 2.20. The van der Waals surface area contributed by atoms with Crippen LogP contribution in [0.3, 0.4) is 0 Å². The fraction of sp³-hybridized carbons (Fsp3) is 0.250. The Bertz CT molecular complexity index is 749. The number of rotatable bonds is 5. The van der Waals surface area contributed by atoms with Crippen molar-refractivity contribution in [3.63, 3.8) is 0 Å². The van der Waals surface area contributed by atoms with Gasteiger partial charge in [0.1, 0.15) is 11.9 Å². The number of halogens is 1. The largest absolute Gasteiger partial charge is 0.480 e. The molecule has 1 aromatic heterocycles. The lowest BCUT2D eigenvalue weighted by Crippen LogP contribution is -2.42. The number of hydrogen-bond acceptors (Lipinski definition) is 2. The van der Waals surface area contributed by atoms with E-state index in [1.807, 2.05) is 0 Å². The molecule has 0 saturated carbocycles. The SMILES string of the molecule is C/C=C(\C)C(=O)NC(Cc1c[nH]c2cc(F)ccc12)C(=O)O. The molecule has 1 heterocycles. The van der Waals surface area contributed by atoms with Gasteiger partial charge in [0, 0.05) is 29.1 Å². The van der Waals surface area contributed by atoms with E-state index >= 15 is 0 Å². The summed E-state index contributed by atoms with van der Waals surface area (Å²) < 4.78 is 13.2. The second-order valence-electron chi connectivity index (χ2n) is 5.04. The quantitative estimate of drug-likeness (QED) is 0.742. The Balaban J connectivity index is 2.23. The topological polar surface area (TPSA) is 82.2 Å². The van der Waals surface area contributed by atoms with E-state index in [0.717, 1.165) is 5.39 Å². The molecule has 5 nitrogen and oxygen atoms in total. The third-order valence-electron chi connectivity index (χ3n) is 3.55. The number of carboxylic acids is 1. The first-order chi connectivity index (χ1) is 10.4. The summed E-state index contributed by atoms with van der Waals surface area (Å²) in [7, 11) is 0. The number of allylic oxidation sites excluding steroid dienone is 1. The number of aromatic amines is 1. The molecule has 2 aromatic rings. The first-order valence-corrected chi connectivity index (χ1v) is 6.84. The normalized spacial score (nSPS) is 13.1. The van der Waals surface area contributed by atoms with Crippen molar-refractivity contribution in [2.24, 2.45) is 0 Å². The summed E-state index contributed by atoms with van der Waals surface area (Å²) in [6, 6.07) is 3.20. The van der Waals surface area contributed by atoms with Gasteiger partial charge in [0.05, 0.1) is 0 Å². The van der Waals surface area contributed by atoms with Crippen LogP contribution >= 0.6 is 0 Å². The van der Waals surface area contributed by atoms with E-state index in [0.29, 0.717) is 16.7 Å². The molecule has 0 aliphatic heterocycles. The van der Waals surface area contributed by atoms with Crippen molar-refractivity contribution < 1.29 is 19.1 Å². The summed E-state index contributed by atoms with van der Waals surface area (Å²) in [5.74, 6) is -1.90. The van der Waals surface area contributed by atoms with Crippen LogP contribution in [0, 0.1) is 5.82 Å². The Labute approximate surface area is 126 Å². The van der Waals surface area contributed by atoms with Crippen molar-refractivity contribution in [2.75, 3.05) is 0 Å². The Hall–Kier alpha value is -2.63. The van der Waals surface area contributed by atoms with E-state index in [-0.39, 0.29) is 12.2 Å². The van der Waals surface area contributed by atoms with Crippen molar-refractivity contribution in [1.82, 2.24) is 10.3 Å². The second-order valence-corrected chi connectivity index (χ2v) is 5.04. The molecule has 1 unspecified atom stereocenters. The van der Waals surface area contributed by atoms with Crippen LogP contribution in [0.5, 0.6) is 0 Å². The van der Waals surface area contributed by atoms with Crippen molar-refractivity contribution >= 4 is 22.8 Å². The lowest BCUT2D eigenvalue weighted by Gasteiger charge is -2.14. The number of amides is 1. The molecule has 0 aliphatic rings. The van der Waals surface area contributed by atoms with Crippen molar-refractivity contribution in [3.05, 3.63) is 47.4 Å². The fourth-order valence-corrected chi connectivity index (χ4v) is 2.15. The number of hydrogen-bond donors (Lipinski definition) is 3. The minimum absolute atomic E-state index is 0.115. The molecule has 0 aliphatic carbocycles. The van der Waals surface area contributed by atoms with Crippen molar-refractivity contribution in [2.45, 2.75) is 26.3 Å². The van der Waals surface area contributed by atoms with Crippen LogP contribution in [0.1, 0.15) is 19.4 Å². The summed E-state index contributed by atoms with van der Waals surface area (Å²) in [4.78, 5) is 26.1. The molecule has 2 rings (SSSR count). The lowest BCUT2D eigenvalue weighted by molar-refractivity contribution is -0.141. The average molecular weight is 304 g/mol. The Morgan fingerprint density at radius 3 is 2.82 bits per heavy atom. The highest BCUT2D eigenvalue weighted by molar-refractivity contribution is 5.95. The maximum atomic E-state index is 13.2. The van der Waals surface area contributed by atoms with Crippen molar-refractivity contribution in [3.8, 4) is 0 Å². The smallest absolute Gasteiger partial charge is 0.326 e. The summed E-state index contributed by atoms with van der Waals surface area (Å²) in [5, 5.41) is 12.5. The van der Waals surface area contributed by atoms with Gasteiger partial charge in [-0.1, -0.05) is 6.08 Å². The van der Waals surface area contributed by atoms with Gasteiger partial charge in [-0.3, -0.25) is 4.79 Å². The number of benzene rings is 1. The zero-order valence-electron chi connectivity index (χ0n) is 12.3. The fourth-order valence-electron chi connectivity index (χ4n) is 2.15. The molecular formula is C16H17FN2O3. The predicted octanol–water partition coefficient (Wildman–Crippen LogP) is 2.39. The van der Waals surface area contributed by atoms with E-state index in [9.17, 15) is 19.1 Å². The number of carbonyl (C=O) groups is 2. The van der Waals surface area contributed by atoms with E-state index in [2.05, 4.69) is 10.3 Å². The molecule has 0 bridgehead atoms. The van der Waals surface area contributed by atoms with Crippen LogP contribution < -0.4 is 5.32 Å². The number of nitrogens with one attached hydrogen (secondary N) is 2. The van der Waals surface area contributed by atoms with Gasteiger partial charge in [0.2, 0.25) is 5.91 Å².